The Morgan fingerprint density at radius 3 is 2.32 bits per heavy atom. The van der Waals surface area contributed by atoms with Gasteiger partial charge in [-0.2, -0.15) is 0 Å². The van der Waals surface area contributed by atoms with Gasteiger partial charge in [-0.15, -0.1) is 0 Å². The Balaban J connectivity index is 1.42. The highest BCUT2D eigenvalue weighted by Crippen LogP contribution is 2.26. The molecule has 1 N–H and O–H groups in total. The molecule has 0 aliphatic carbocycles. The number of benzene rings is 3. The van der Waals surface area contributed by atoms with Crippen LogP contribution in [0.4, 0.5) is 20.2 Å². The summed E-state index contributed by atoms with van der Waals surface area (Å²) in [7, 11) is 4.20. The first-order valence-electron chi connectivity index (χ1n) is 10.3. The standard InChI is InChI=1S/C25H25F2N3O/c1-29(2)22-13-14-30(16-22)21-10-8-20(9-11-21)28-25(31)18-5-12-23(24(27)15-18)17-3-6-19(26)7-4-17/h3-12,15,22H,13-14,16H2,1-2H3,(H,28,31). The summed E-state index contributed by atoms with van der Waals surface area (Å²) in [6.07, 6.45) is 1.13. The Bertz CT molecular complexity index is 1070. The number of nitrogens with one attached hydrogen (secondary N) is 1. The van der Waals surface area contributed by atoms with Gasteiger partial charge in [0.25, 0.3) is 5.91 Å². The molecule has 1 unspecified atom stereocenters. The van der Waals surface area contributed by atoms with Crippen molar-refractivity contribution in [3.05, 3.63) is 83.9 Å². The van der Waals surface area contributed by atoms with Crippen LogP contribution in [0.2, 0.25) is 0 Å². The molecule has 1 saturated heterocycles. The van der Waals surface area contributed by atoms with Crippen LogP contribution in [0.25, 0.3) is 11.1 Å². The van der Waals surface area contributed by atoms with Crippen molar-refractivity contribution >= 4 is 17.3 Å². The van der Waals surface area contributed by atoms with Gasteiger partial charge in [0, 0.05) is 41.6 Å². The van der Waals surface area contributed by atoms with Crippen molar-refractivity contribution in [2.24, 2.45) is 0 Å². The fourth-order valence-electron chi connectivity index (χ4n) is 3.88. The molecule has 160 valence electrons. The van der Waals surface area contributed by atoms with Gasteiger partial charge in [0.1, 0.15) is 11.6 Å². The third-order valence-corrected chi connectivity index (χ3v) is 5.77. The van der Waals surface area contributed by atoms with Crippen molar-refractivity contribution in [2.75, 3.05) is 37.4 Å². The van der Waals surface area contributed by atoms with E-state index in [1.807, 2.05) is 24.3 Å². The largest absolute Gasteiger partial charge is 0.370 e. The predicted molar refractivity (Wildman–Crippen MR) is 120 cm³/mol. The SMILES string of the molecule is CN(C)C1CCN(c2ccc(NC(=O)c3ccc(-c4ccc(F)cc4)c(F)c3)cc2)C1. The van der Waals surface area contributed by atoms with Crippen LogP contribution in [0.5, 0.6) is 0 Å². The summed E-state index contributed by atoms with van der Waals surface area (Å²) >= 11 is 0. The molecule has 0 spiro atoms. The molecule has 0 aromatic heterocycles. The molecule has 3 aromatic carbocycles. The van der Waals surface area contributed by atoms with E-state index in [9.17, 15) is 13.6 Å². The molecule has 4 nitrogen and oxygen atoms in total. The number of hydrogen-bond donors (Lipinski definition) is 1. The van der Waals surface area contributed by atoms with Gasteiger partial charge in [0.15, 0.2) is 0 Å². The molecule has 1 atom stereocenters. The lowest BCUT2D eigenvalue weighted by Crippen LogP contribution is -2.31. The zero-order chi connectivity index (χ0) is 22.0. The van der Waals surface area contributed by atoms with Gasteiger partial charge in [-0.05, 0) is 74.6 Å². The molecule has 1 fully saturated rings. The molecule has 1 aliphatic rings. The minimum absolute atomic E-state index is 0.223. The Labute approximate surface area is 181 Å². The van der Waals surface area contributed by atoms with E-state index in [0.717, 1.165) is 25.2 Å². The van der Waals surface area contributed by atoms with Gasteiger partial charge in [-0.25, -0.2) is 8.78 Å². The van der Waals surface area contributed by atoms with E-state index in [0.29, 0.717) is 22.9 Å². The second kappa shape index (κ2) is 8.86. The van der Waals surface area contributed by atoms with Gasteiger partial charge in [0.05, 0.1) is 0 Å². The molecule has 4 rings (SSSR count). The summed E-state index contributed by atoms with van der Waals surface area (Å²) in [6, 6.07) is 18.1. The van der Waals surface area contributed by atoms with Crippen LogP contribution in [0.1, 0.15) is 16.8 Å². The lowest BCUT2D eigenvalue weighted by atomic mass is 10.0. The highest BCUT2D eigenvalue weighted by Gasteiger charge is 2.24. The molecule has 31 heavy (non-hydrogen) atoms. The fraction of sp³-hybridized carbons (Fsp3) is 0.240. The minimum Gasteiger partial charge on any atom is -0.370 e. The molecule has 6 heteroatoms. The number of anilines is 2. The van der Waals surface area contributed by atoms with Crippen LogP contribution in [0.3, 0.4) is 0 Å². The molecule has 0 saturated carbocycles. The van der Waals surface area contributed by atoms with Crippen LogP contribution >= 0.6 is 0 Å². The Hall–Kier alpha value is -3.25. The van der Waals surface area contributed by atoms with Gasteiger partial charge >= 0.3 is 0 Å². The number of carbonyl (C=O) groups excluding carboxylic acids is 1. The van der Waals surface area contributed by atoms with Gasteiger partial charge in [-0.3, -0.25) is 4.79 Å². The summed E-state index contributed by atoms with van der Waals surface area (Å²) < 4.78 is 27.7. The van der Waals surface area contributed by atoms with E-state index in [-0.39, 0.29) is 17.3 Å². The van der Waals surface area contributed by atoms with Crippen molar-refractivity contribution in [2.45, 2.75) is 12.5 Å². The van der Waals surface area contributed by atoms with Crippen LogP contribution in [-0.2, 0) is 0 Å². The number of rotatable bonds is 5. The lowest BCUT2D eigenvalue weighted by molar-refractivity contribution is 0.102. The zero-order valence-corrected chi connectivity index (χ0v) is 17.6. The second-order valence-electron chi connectivity index (χ2n) is 8.05. The third-order valence-electron chi connectivity index (χ3n) is 5.77. The number of nitrogens with zero attached hydrogens (tertiary/aromatic N) is 2. The molecular weight excluding hydrogens is 396 g/mol. The van der Waals surface area contributed by atoms with Crippen LogP contribution in [0.15, 0.2) is 66.7 Å². The monoisotopic (exact) mass is 421 g/mol. The van der Waals surface area contributed by atoms with E-state index in [4.69, 9.17) is 0 Å². The predicted octanol–water partition coefficient (Wildman–Crippen LogP) is 5.02. The summed E-state index contributed by atoms with van der Waals surface area (Å²) in [5.41, 5.74) is 2.88. The average molecular weight is 421 g/mol. The highest BCUT2D eigenvalue weighted by molar-refractivity contribution is 6.04. The van der Waals surface area contributed by atoms with Gasteiger partial charge in [-0.1, -0.05) is 18.2 Å². The molecule has 1 heterocycles. The molecule has 0 radical (unpaired) electrons. The maximum atomic E-state index is 14.6. The van der Waals surface area contributed by atoms with E-state index in [1.165, 1.54) is 36.4 Å². The van der Waals surface area contributed by atoms with Crippen LogP contribution in [-0.4, -0.2) is 44.0 Å². The van der Waals surface area contributed by atoms with Crippen molar-refractivity contribution in [3.63, 3.8) is 0 Å². The maximum Gasteiger partial charge on any atom is 0.255 e. The van der Waals surface area contributed by atoms with Crippen molar-refractivity contribution in [3.8, 4) is 11.1 Å². The first-order chi connectivity index (χ1) is 14.9. The fourth-order valence-corrected chi connectivity index (χ4v) is 3.88. The van der Waals surface area contributed by atoms with E-state index < -0.39 is 5.82 Å². The van der Waals surface area contributed by atoms with Crippen molar-refractivity contribution in [1.29, 1.82) is 0 Å². The van der Waals surface area contributed by atoms with E-state index in [1.54, 1.807) is 6.07 Å². The Morgan fingerprint density at radius 1 is 1.00 bits per heavy atom. The zero-order valence-electron chi connectivity index (χ0n) is 17.6. The quantitative estimate of drug-likeness (QED) is 0.628. The lowest BCUT2D eigenvalue weighted by Gasteiger charge is -2.22. The number of likely N-dealkylation sites (N-methyl/N-ethyl adjacent to an activating group) is 1. The first-order valence-corrected chi connectivity index (χ1v) is 10.3. The Morgan fingerprint density at radius 2 is 1.71 bits per heavy atom. The van der Waals surface area contributed by atoms with E-state index >= 15 is 0 Å². The molecular formula is C25H25F2N3O. The van der Waals surface area contributed by atoms with Gasteiger partial charge in [0.2, 0.25) is 0 Å². The van der Waals surface area contributed by atoms with Crippen LogP contribution < -0.4 is 10.2 Å². The summed E-state index contributed by atoms with van der Waals surface area (Å²) in [6.45, 7) is 1.99. The maximum absolute atomic E-state index is 14.6. The third kappa shape index (κ3) is 4.75. The normalized spacial score (nSPS) is 16.0. The first kappa shape index (κ1) is 21.0. The Kier molecular flexibility index (Phi) is 6.00. The molecule has 1 aliphatic heterocycles. The highest BCUT2D eigenvalue weighted by atomic mass is 19.1. The minimum atomic E-state index is -0.529. The smallest absolute Gasteiger partial charge is 0.255 e. The van der Waals surface area contributed by atoms with Crippen molar-refractivity contribution in [1.82, 2.24) is 4.90 Å². The number of halogens is 2. The van der Waals surface area contributed by atoms with Crippen LogP contribution in [0, 0.1) is 11.6 Å². The molecule has 0 bridgehead atoms. The number of amides is 1. The van der Waals surface area contributed by atoms with Gasteiger partial charge < -0.3 is 15.1 Å². The van der Waals surface area contributed by atoms with E-state index in [2.05, 4.69) is 29.2 Å². The average Bonchev–Trinajstić information content (AvgIpc) is 3.26. The number of hydrogen-bond acceptors (Lipinski definition) is 3. The number of carbonyl (C=O) groups is 1. The van der Waals surface area contributed by atoms with Crippen molar-refractivity contribution < 1.29 is 13.6 Å². The topological polar surface area (TPSA) is 35.6 Å². The summed E-state index contributed by atoms with van der Waals surface area (Å²) in [4.78, 5) is 17.2. The molecule has 1 amide bonds. The molecule has 3 aromatic rings. The summed E-state index contributed by atoms with van der Waals surface area (Å²) in [5, 5.41) is 2.81. The second-order valence-corrected chi connectivity index (χ2v) is 8.05. The summed E-state index contributed by atoms with van der Waals surface area (Å²) in [5.74, 6) is -1.29.